The van der Waals surface area contributed by atoms with Gasteiger partial charge in [-0.3, -0.25) is 4.79 Å². The number of rotatable bonds is 4. The van der Waals surface area contributed by atoms with Crippen LogP contribution in [0.15, 0.2) is 18.2 Å². The van der Waals surface area contributed by atoms with Crippen LogP contribution in [-0.2, 0) is 0 Å². The molecule has 0 atom stereocenters. The van der Waals surface area contributed by atoms with Crippen molar-refractivity contribution in [2.45, 2.75) is 18.9 Å². The number of hydrogen-bond donors (Lipinski definition) is 1. The quantitative estimate of drug-likeness (QED) is 0.740. The van der Waals surface area contributed by atoms with Gasteiger partial charge >= 0.3 is 0 Å². The molecule has 0 unspecified atom stereocenters. The first-order chi connectivity index (χ1) is 6.83. The fourth-order valence-electron chi connectivity index (χ4n) is 1.28. The van der Waals surface area contributed by atoms with Crippen molar-refractivity contribution in [3.05, 3.63) is 23.8 Å². The van der Waals surface area contributed by atoms with Crippen LogP contribution in [0.4, 0.5) is 5.69 Å². The highest BCUT2D eigenvalue weighted by Gasteiger charge is 2.24. The van der Waals surface area contributed by atoms with Gasteiger partial charge in [0.15, 0.2) is 0 Å². The lowest BCUT2D eigenvalue weighted by atomic mass is 10.2. The van der Waals surface area contributed by atoms with Crippen molar-refractivity contribution in [3.8, 4) is 5.75 Å². The first-order valence-corrected chi connectivity index (χ1v) is 4.77. The van der Waals surface area contributed by atoms with Gasteiger partial charge in [-0.2, -0.15) is 0 Å². The number of anilines is 1. The molecule has 1 N–H and O–H groups in total. The molecule has 2 rings (SSSR count). The van der Waals surface area contributed by atoms with Gasteiger partial charge in [0.25, 0.3) is 0 Å². The Morgan fingerprint density at radius 1 is 1.50 bits per heavy atom. The van der Waals surface area contributed by atoms with E-state index >= 15 is 0 Å². The van der Waals surface area contributed by atoms with Crippen LogP contribution >= 0.6 is 0 Å². The average molecular weight is 191 g/mol. The minimum Gasteiger partial charge on any atom is -0.488 e. The summed E-state index contributed by atoms with van der Waals surface area (Å²) in [5.74, 6) is 0.834. The van der Waals surface area contributed by atoms with E-state index in [2.05, 4.69) is 5.32 Å². The monoisotopic (exact) mass is 191 g/mol. The van der Waals surface area contributed by atoms with Gasteiger partial charge in [0.1, 0.15) is 12.0 Å². The van der Waals surface area contributed by atoms with Crippen LogP contribution in [0, 0.1) is 0 Å². The molecule has 3 nitrogen and oxygen atoms in total. The van der Waals surface area contributed by atoms with E-state index in [1.165, 1.54) is 0 Å². The molecule has 1 saturated carbocycles. The Balaban J connectivity index is 2.23. The van der Waals surface area contributed by atoms with Crippen molar-refractivity contribution in [3.63, 3.8) is 0 Å². The van der Waals surface area contributed by atoms with E-state index in [9.17, 15) is 4.79 Å². The Labute approximate surface area is 83.1 Å². The van der Waals surface area contributed by atoms with E-state index in [0.717, 1.165) is 30.6 Å². The lowest BCUT2D eigenvalue weighted by Gasteiger charge is -2.10. The molecule has 0 bridgehead atoms. The second kappa shape index (κ2) is 3.70. The van der Waals surface area contributed by atoms with Gasteiger partial charge in [-0.15, -0.1) is 0 Å². The van der Waals surface area contributed by atoms with E-state index in [0.29, 0.717) is 11.7 Å². The maximum atomic E-state index is 10.6. The fourth-order valence-corrected chi connectivity index (χ4v) is 1.28. The van der Waals surface area contributed by atoms with Gasteiger partial charge in [-0.25, -0.2) is 0 Å². The third-order valence-corrected chi connectivity index (χ3v) is 2.23. The Morgan fingerprint density at radius 3 is 2.86 bits per heavy atom. The second-order valence-corrected chi connectivity index (χ2v) is 3.44. The van der Waals surface area contributed by atoms with Crippen LogP contribution in [0.5, 0.6) is 5.75 Å². The van der Waals surface area contributed by atoms with Crippen LogP contribution in [0.25, 0.3) is 0 Å². The number of ether oxygens (including phenoxy) is 1. The topological polar surface area (TPSA) is 38.3 Å². The Morgan fingerprint density at radius 2 is 2.29 bits per heavy atom. The molecule has 1 aliphatic rings. The van der Waals surface area contributed by atoms with Crippen molar-refractivity contribution in [1.29, 1.82) is 0 Å². The number of aldehydes is 1. The Bertz CT molecular complexity index is 345. The highest BCUT2D eigenvalue weighted by atomic mass is 16.5. The van der Waals surface area contributed by atoms with Gasteiger partial charge < -0.3 is 10.1 Å². The first kappa shape index (κ1) is 9.06. The van der Waals surface area contributed by atoms with E-state index in [4.69, 9.17) is 4.74 Å². The molecule has 1 aliphatic carbocycles. The molecule has 3 heteroatoms. The van der Waals surface area contributed by atoms with Crippen LogP contribution < -0.4 is 10.1 Å². The fraction of sp³-hybridized carbons (Fsp3) is 0.364. The van der Waals surface area contributed by atoms with Crippen molar-refractivity contribution in [1.82, 2.24) is 0 Å². The zero-order valence-corrected chi connectivity index (χ0v) is 8.12. The van der Waals surface area contributed by atoms with Gasteiger partial charge in [0.05, 0.1) is 11.8 Å². The molecule has 0 amide bonds. The van der Waals surface area contributed by atoms with Crippen molar-refractivity contribution in [2.24, 2.45) is 0 Å². The third kappa shape index (κ3) is 1.87. The molecular formula is C11H13NO2. The zero-order chi connectivity index (χ0) is 9.97. The Hall–Kier alpha value is -1.51. The molecule has 1 aromatic carbocycles. The van der Waals surface area contributed by atoms with E-state index in [1.54, 1.807) is 12.1 Å². The maximum Gasteiger partial charge on any atom is 0.150 e. The SMILES string of the molecule is CNc1cc(C=O)ccc1OC1CC1. The molecule has 0 saturated heterocycles. The molecule has 74 valence electrons. The maximum absolute atomic E-state index is 10.6. The van der Waals surface area contributed by atoms with Crippen LogP contribution in [0.3, 0.4) is 0 Å². The van der Waals surface area contributed by atoms with Crippen LogP contribution in [-0.4, -0.2) is 19.4 Å². The zero-order valence-electron chi connectivity index (χ0n) is 8.12. The summed E-state index contributed by atoms with van der Waals surface area (Å²) in [6.45, 7) is 0. The van der Waals surface area contributed by atoms with E-state index < -0.39 is 0 Å². The molecule has 1 aromatic rings. The summed E-state index contributed by atoms with van der Waals surface area (Å²) in [7, 11) is 1.82. The van der Waals surface area contributed by atoms with Crippen LogP contribution in [0.2, 0.25) is 0 Å². The molecule has 0 aromatic heterocycles. The standard InChI is InChI=1S/C11H13NO2/c1-12-10-6-8(7-13)2-5-11(10)14-9-3-4-9/h2,5-7,9,12H,3-4H2,1H3. The van der Waals surface area contributed by atoms with Gasteiger partial charge in [0.2, 0.25) is 0 Å². The van der Waals surface area contributed by atoms with Gasteiger partial charge in [-0.1, -0.05) is 0 Å². The molecule has 0 spiro atoms. The highest BCUT2D eigenvalue weighted by Crippen LogP contribution is 2.32. The van der Waals surface area contributed by atoms with Gasteiger partial charge in [0, 0.05) is 12.6 Å². The summed E-state index contributed by atoms with van der Waals surface area (Å²) >= 11 is 0. The largest absolute Gasteiger partial charge is 0.488 e. The summed E-state index contributed by atoms with van der Waals surface area (Å²) in [6.07, 6.45) is 3.49. The molecule has 0 aliphatic heterocycles. The second-order valence-electron chi connectivity index (χ2n) is 3.44. The van der Waals surface area contributed by atoms with Crippen molar-refractivity contribution >= 4 is 12.0 Å². The number of benzene rings is 1. The van der Waals surface area contributed by atoms with E-state index in [-0.39, 0.29) is 0 Å². The average Bonchev–Trinajstić information content (AvgIpc) is 3.02. The Kier molecular flexibility index (Phi) is 2.39. The number of nitrogens with one attached hydrogen (secondary N) is 1. The van der Waals surface area contributed by atoms with Crippen molar-refractivity contribution in [2.75, 3.05) is 12.4 Å². The molecular weight excluding hydrogens is 178 g/mol. The predicted octanol–water partition coefficient (Wildman–Crippen LogP) is 2.08. The summed E-state index contributed by atoms with van der Waals surface area (Å²) in [5.41, 5.74) is 1.54. The molecule has 0 heterocycles. The third-order valence-electron chi connectivity index (χ3n) is 2.23. The summed E-state index contributed by atoms with van der Waals surface area (Å²) < 4.78 is 5.67. The number of carbonyl (C=O) groups is 1. The summed E-state index contributed by atoms with van der Waals surface area (Å²) in [4.78, 5) is 10.6. The lowest BCUT2D eigenvalue weighted by Crippen LogP contribution is -2.00. The smallest absolute Gasteiger partial charge is 0.150 e. The molecule has 1 fully saturated rings. The molecule has 14 heavy (non-hydrogen) atoms. The minimum atomic E-state index is 0.379. The number of carbonyl (C=O) groups excluding carboxylic acids is 1. The lowest BCUT2D eigenvalue weighted by molar-refractivity contribution is 0.112. The van der Waals surface area contributed by atoms with Crippen molar-refractivity contribution < 1.29 is 9.53 Å². The number of hydrogen-bond acceptors (Lipinski definition) is 3. The van der Waals surface area contributed by atoms with Gasteiger partial charge in [-0.05, 0) is 31.0 Å². The minimum absolute atomic E-state index is 0.379. The molecule has 0 radical (unpaired) electrons. The van der Waals surface area contributed by atoms with E-state index in [1.807, 2.05) is 13.1 Å². The van der Waals surface area contributed by atoms with Crippen LogP contribution in [0.1, 0.15) is 23.2 Å². The summed E-state index contributed by atoms with van der Waals surface area (Å²) in [5, 5.41) is 3.02. The highest BCUT2D eigenvalue weighted by molar-refractivity contribution is 5.78. The first-order valence-electron chi connectivity index (χ1n) is 4.77. The predicted molar refractivity (Wildman–Crippen MR) is 55.0 cm³/mol. The summed E-state index contributed by atoms with van der Waals surface area (Å²) in [6, 6.07) is 5.41. The normalized spacial score (nSPS) is 14.9.